The van der Waals surface area contributed by atoms with Crippen molar-refractivity contribution in [1.29, 1.82) is 0 Å². The fraction of sp³-hybridized carbons (Fsp3) is 0.355. The number of sulfonamides is 1. The maximum Gasteiger partial charge on any atom is 0.244 e. The molecular formula is C31H38BrN3O4S. The number of aryl methyl sites for hydroxylation is 1. The van der Waals surface area contributed by atoms with Crippen LogP contribution >= 0.6 is 15.9 Å². The molecule has 2 amide bonds. The smallest absolute Gasteiger partial charge is 0.244 e. The average molecular weight is 629 g/mol. The van der Waals surface area contributed by atoms with E-state index in [0.717, 1.165) is 38.1 Å². The molecule has 0 radical (unpaired) electrons. The molecule has 0 saturated heterocycles. The Labute approximate surface area is 246 Å². The minimum absolute atomic E-state index is 0.125. The number of amides is 2. The van der Waals surface area contributed by atoms with Crippen LogP contribution in [0.1, 0.15) is 44.4 Å². The van der Waals surface area contributed by atoms with Gasteiger partial charge in [-0.2, -0.15) is 0 Å². The minimum Gasteiger partial charge on any atom is -0.350 e. The number of hydrogen-bond acceptors (Lipinski definition) is 4. The van der Waals surface area contributed by atoms with E-state index in [1.807, 2.05) is 94.4 Å². The summed E-state index contributed by atoms with van der Waals surface area (Å²) in [5, 5.41) is 3.03. The molecule has 0 aliphatic carbocycles. The van der Waals surface area contributed by atoms with Crippen LogP contribution in [-0.4, -0.2) is 49.5 Å². The number of carbonyl (C=O) groups excluding carboxylic acids is 2. The molecule has 0 aliphatic heterocycles. The van der Waals surface area contributed by atoms with Gasteiger partial charge in [-0.1, -0.05) is 77.5 Å². The van der Waals surface area contributed by atoms with Crippen molar-refractivity contribution in [2.75, 3.05) is 17.1 Å². The van der Waals surface area contributed by atoms with Gasteiger partial charge < -0.3 is 10.2 Å². The van der Waals surface area contributed by atoms with Crippen molar-refractivity contribution in [2.45, 2.75) is 58.7 Å². The third kappa shape index (κ3) is 9.20. The molecule has 0 aliphatic rings. The first-order valence-electron chi connectivity index (χ1n) is 13.2. The molecule has 1 atom stereocenters. The number of nitrogens with one attached hydrogen (secondary N) is 1. The van der Waals surface area contributed by atoms with E-state index >= 15 is 0 Å². The molecule has 7 nitrogen and oxygen atoms in total. The summed E-state index contributed by atoms with van der Waals surface area (Å²) in [6.07, 6.45) is 2.16. The van der Waals surface area contributed by atoms with E-state index in [-0.39, 0.29) is 18.9 Å². The fourth-order valence-corrected chi connectivity index (χ4v) is 5.65. The lowest BCUT2D eigenvalue weighted by atomic mass is 10.0. The van der Waals surface area contributed by atoms with E-state index in [2.05, 4.69) is 21.2 Å². The average Bonchev–Trinajstić information content (AvgIpc) is 2.88. The Hall–Kier alpha value is -3.17. The van der Waals surface area contributed by atoms with Crippen LogP contribution in [0.2, 0.25) is 0 Å². The lowest BCUT2D eigenvalue weighted by Crippen LogP contribution is -2.56. The molecule has 0 unspecified atom stereocenters. The molecule has 0 fully saturated rings. The lowest BCUT2D eigenvalue weighted by molar-refractivity contribution is -0.140. The largest absolute Gasteiger partial charge is 0.350 e. The van der Waals surface area contributed by atoms with Crippen LogP contribution in [0.3, 0.4) is 0 Å². The van der Waals surface area contributed by atoms with Crippen molar-refractivity contribution in [3.8, 4) is 0 Å². The predicted molar refractivity (Wildman–Crippen MR) is 165 cm³/mol. The normalized spacial score (nSPS) is 12.4. The second-order valence-corrected chi connectivity index (χ2v) is 13.7. The summed E-state index contributed by atoms with van der Waals surface area (Å²) in [6, 6.07) is 23.3. The first-order valence-corrected chi connectivity index (χ1v) is 15.9. The van der Waals surface area contributed by atoms with E-state index in [9.17, 15) is 18.0 Å². The van der Waals surface area contributed by atoms with Crippen molar-refractivity contribution in [2.24, 2.45) is 0 Å². The summed E-state index contributed by atoms with van der Waals surface area (Å²) < 4.78 is 27.7. The topological polar surface area (TPSA) is 86.8 Å². The van der Waals surface area contributed by atoms with Gasteiger partial charge in [-0.05, 0) is 68.1 Å². The minimum atomic E-state index is -3.80. The Morgan fingerprint density at radius 3 is 2.08 bits per heavy atom. The van der Waals surface area contributed by atoms with Crippen molar-refractivity contribution in [1.82, 2.24) is 10.2 Å². The number of nitrogens with zero attached hydrogens (tertiary/aromatic N) is 2. The molecule has 214 valence electrons. The van der Waals surface area contributed by atoms with E-state index in [1.165, 1.54) is 4.90 Å². The first kappa shape index (κ1) is 31.4. The van der Waals surface area contributed by atoms with Gasteiger partial charge in [0.25, 0.3) is 0 Å². The van der Waals surface area contributed by atoms with Gasteiger partial charge in [-0.3, -0.25) is 13.9 Å². The van der Waals surface area contributed by atoms with Gasteiger partial charge in [-0.15, -0.1) is 0 Å². The number of rotatable bonds is 11. The number of anilines is 1. The summed E-state index contributed by atoms with van der Waals surface area (Å²) in [6.45, 7) is 7.36. The zero-order chi connectivity index (χ0) is 29.5. The van der Waals surface area contributed by atoms with Crippen LogP contribution in [0.5, 0.6) is 0 Å². The number of halogens is 1. The Morgan fingerprint density at radius 2 is 1.52 bits per heavy atom. The second-order valence-electron chi connectivity index (χ2n) is 10.9. The van der Waals surface area contributed by atoms with Gasteiger partial charge in [-0.25, -0.2) is 8.42 Å². The Balaban J connectivity index is 2.06. The highest BCUT2D eigenvalue weighted by Gasteiger charge is 2.34. The van der Waals surface area contributed by atoms with Crippen LogP contribution in [-0.2, 0) is 39.0 Å². The highest BCUT2D eigenvalue weighted by molar-refractivity contribution is 9.10. The SMILES string of the molecule is CCc1ccc(N(CC(=O)N(Cc2cccc(Br)c2)[C@H](Cc2ccccc2)C(=O)NC(C)(C)C)S(C)(=O)=O)cc1. The van der Waals surface area contributed by atoms with Gasteiger partial charge in [0.1, 0.15) is 12.6 Å². The van der Waals surface area contributed by atoms with E-state index < -0.39 is 34.1 Å². The summed E-state index contributed by atoms with van der Waals surface area (Å²) in [7, 11) is -3.80. The molecule has 3 aromatic rings. The van der Waals surface area contributed by atoms with Crippen LogP contribution in [0, 0.1) is 0 Å². The van der Waals surface area contributed by atoms with Crippen molar-refractivity contribution < 1.29 is 18.0 Å². The third-order valence-electron chi connectivity index (χ3n) is 6.32. The van der Waals surface area contributed by atoms with Crippen LogP contribution in [0.25, 0.3) is 0 Å². The predicted octanol–water partition coefficient (Wildman–Crippen LogP) is 5.33. The van der Waals surface area contributed by atoms with Crippen LogP contribution in [0.15, 0.2) is 83.3 Å². The van der Waals surface area contributed by atoms with Crippen molar-refractivity contribution in [3.05, 3.63) is 100 Å². The molecule has 3 rings (SSSR count). The molecule has 0 spiro atoms. The standard InChI is InChI=1S/C31H38BrN3O4S/c1-6-23-15-17-27(18-16-23)35(40(5,38)39)22-29(36)34(21-25-13-10-14-26(32)19-25)28(30(37)33-31(2,3)4)20-24-11-8-7-9-12-24/h7-19,28H,6,20-22H2,1-5H3,(H,33,37)/t28-/m1/s1. The Kier molecular flexibility index (Phi) is 10.6. The molecule has 0 bridgehead atoms. The van der Waals surface area contributed by atoms with Crippen molar-refractivity contribution in [3.63, 3.8) is 0 Å². The van der Waals surface area contributed by atoms with Gasteiger partial charge in [0, 0.05) is 23.0 Å². The summed E-state index contributed by atoms with van der Waals surface area (Å²) in [5.74, 6) is -0.784. The number of benzene rings is 3. The highest BCUT2D eigenvalue weighted by atomic mass is 79.9. The lowest BCUT2D eigenvalue weighted by Gasteiger charge is -2.35. The maximum atomic E-state index is 14.1. The monoisotopic (exact) mass is 627 g/mol. The summed E-state index contributed by atoms with van der Waals surface area (Å²) in [5.41, 5.74) is 2.62. The van der Waals surface area contributed by atoms with Gasteiger partial charge in [0.2, 0.25) is 21.8 Å². The number of carbonyl (C=O) groups is 2. The second kappa shape index (κ2) is 13.5. The number of hydrogen-bond donors (Lipinski definition) is 1. The van der Waals surface area contributed by atoms with Crippen LogP contribution < -0.4 is 9.62 Å². The van der Waals surface area contributed by atoms with E-state index in [1.54, 1.807) is 12.1 Å². The zero-order valence-electron chi connectivity index (χ0n) is 23.7. The van der Waals surface area contributed by atoms with Crippen LogP contribution in [0.4, 0.5) is 5.69 Å². The molecule has 0 saturated carbocycles. The zero-order valence-corrected chi connectivity index (χ0v) is 26.1. The quantitative estimate of drug-likeness (QED) is 0.311. The molecule has 3 aromatic carbocycles. The van der Waals surface area contributed by atoms with E-state index in [0.29, 0.717) is 5.69 Å². The molecular weight excluding hydrogens is 590 g/mol. The summed E-state index contributed by atoms with van der Waals surface area (Å²) >= 11 is 3.49. The third-order valence-corrected chi connectivity index (χ3v) is 7.96. The fourth-order valence-electron chi connectivity index (χ4n) is 4.35. The molecule has 0 heterocycles. The maximum absolute atomic E-state index is 14.1. The highest BCUT2D eigenvalue weighted by Crippen LogP contribution is 2.22. The molecule has 40 heavy (non-hydrogen) atoms. The van der Waals surface area contributed by atoms with E-state index in [4.69, 9.17) is 0 Å². The van der Waals surface area contributed by atoms with Gasteiger partial charge >= 0.3 is 0 Å². The Morgan fingerprint density at radius 1 is 0.900 bits per heavy atom. The van der Waals surface area contributed by atoms with Gasteiger partial charge in [0.15, 0.2) is 0 Å². The molecule has 0 aromatic heterocycles. The molecule has 9 heteroatoms. The van der Waals surface area contributed by atoms with Crippen molar-refractivity contribution >= 4 is 43.5 Å². The Bertz CT molecular complexity index is 1400. The first-order chi connectivity index (χ1) is 18.8. The summed E-state index contributed by atoms with van der Waals surface area (Å²) in [4.78, 5) is 29.4. The molecule has 1 N–H and O–H groups in total. The van der Waals surface area contributed by atoms with Gasteiger partial charge in [0.05, 0.1) is 11.9 Å².